The number of pyridine rings is 1. The first-order valence-electron chi connectivity index (χ1n) is 4.09. The van der Waals surface area contributed by atoms with Gasteiger partial charge in [0.2, 0.25) is 0 Å². The van der Waals surface area contributed by atoms with Gasteiger partial charge in [0.1, 0.15) is 11.1 Å². The Morgan fingerprint density at radius 2 is 2.43 bits per heavy atom. The van der Waals surface area contributed by atoms with Crippen LogP contribution in [0.25, 0.3) is 0 Å². The summed E-state index contributed by atoms with van der Waals surface area (Å²) in [5, 5.41) is 10.1. The summed E-state index contributed by atoms with van der Waals surface area (Å²) in [7, 11) is 0. The first-order valence-corrected chi connectivity index (χ1v) is 5.77. The molecule has 0 radical (unpaired) electrons. The minimum absolute atomic E-state index is 0.454. The molecule has 14 heavy (non-hydrogen) atoms. The molecule has 0 bridgehead atoms. The van der Waals surface area contributed by atoms with Gasteiger partial charge in [-0.1, -0.05) is 11.8 Å². The highest BCUT2D eigenvalue weighted by molar-refractivity contribution is 9.10. The molecule has 0 saturated carbocycles. The molecule has 5 heteroatoms. The van der Waals surface area contributed by atoms with Gasteiger partial charge in [-0.15, -0.1) is 0 Å². The average molecular weight is 271 g/mol. The lowest BCUT2D eigenvalue weighted by Crippen LogP contribution is -2.30. The van der Waals surface area contributed by atoms with Crippen molar-refractivity contribution in [2.45, 2.75) is 10.3 Å². The van der Waals surface area contributed by atoms with Crippen LogP contribution in [0.1, 0.15) is 5.56 Å². The van der Waals surface area contributed by atoms with Crippen molar-refractivity contribution in [2.24, 2.45) is 0 Å². The topological polar surface area (TPSA) is 45.9 Å². The van der Waals surface area contributed by atoms with Crippen LogP contribution in [0, 0.1) is 11.3 Å². The van der Waals surface area contributed by atoms with Gasteiger partial charge in [0, 0.05) is 10.7 Å². The molecular weight excluding hydrogens is 264 g/mol. The summed E-state index contributed by atoms with van der Waals surface area (Å²) < 4.78 is 5.90. The Morgan fingerprint density at radius 3 is 3.00 bits per heavy atom. The molecule has 0 aromatic carbocycles. The van der Waals surface area contributed by atoms with Gasteiger partial charge in [-0.3, -0.25) is 0 Å². The molecule has 1 aromatic heterocycles. The third-order valence-corrected chi connectivity index (χ3v) is 3.41. The van der Waals surface area contributed by atoms with Crippen molar-refractivity contribution in [1.29, 1.82) is 5.26 Å². The van der Waals surface area contributed by atoms with Gasteiger partial charge >= 0.3 is 0 Å². The first-order chi connectivity index (χ1) is 6.79. The number of hydrogen-bond acceptors (Lipinski definition) is 4. The lowest BCUT2D eigenvalue weighted by atomic mass is 10.3. The van der Waals surface area contributed by atoms with E-state index < -0.39 is 0 Å². The number of thioether (sulfide) groups is 1. The maximum Gasteiger partial charge on any atom is 0.114 e. The zero-order chi connectivity index (χ0) is 9.97. The van der Waals surface area contributed by atoms with Crippen LogP contribution in [0.5, 0.6) is 0 Å². The number of aromatic nitrogens is 1. The number of rotatable bonds is 2. The summed E-state index contributed by atoms with van der Waals surface area (Å²) in [6.45, 7) is 1.51. The van der Waals surface area contributed by atoms with Crippen LogP contribution in [-0.2, 0) is 4.74 Å². The summed E-state index contributed by atoms with van der Waals surface area (Å²) in [6, 6.07) is 3.92. The van der Waals surface area contributed by atoms with Crippen LogP contribution in [0.15, 0.2) is 21.8 Å². The van der Waals surface area contributed by atoms with Crippen molar-refractivity contribution in [3.8, 4) is 6.07 Å². The molecule has 0 aliphatic carbocycles. The molecule has 0 spiro atoms. The molecule has 2 rings (SSSR count). The minimum atomic E-state index is 0.454. The van der Waals surface area contributed by atoms with Crippen molar-refractivity contribution < 1.29 is 4.74 Å². The van der Waals surface area contributed by atoms with Crippen molar-refractivity contribution in [3.05, 3.63) is 22.3 Å². The van der Waals surface area contributed by atoms with E-state index in [4.69, 9.17) is 10.00 Å². The van der Waals surface area contributed by atoms with Gasteiger partial charge in [-0.25, -0.2) is 4.98 Å². The van der Waals surface area contributed by atoms with E-state index in [0.29, 0.717) is 10.8 Å². The van der Waals surface area contributed by atoms with Gasteiger partial charge in [0.15, 0.2) is 0 Å². The standard InChI is InChI=1S/C9H7BrN2OS/c10-7-1-6(2-11)9(12-3-7)14-8-4-13-5-8/h1,3,8H,4-5H2. The molecule has 2 heterocycles. The molecule has 3 nitrogen and oxygen atoms in total. The van der Waals surface area contributed by atoms with Gasteiger partial charge in [0.25, 0.3) is 0 Å². The number of nitrogens with zero attached hydrogens (tertiary/aromatic N) is 2. The summed E-state index contributed by atoms with van der Waals surface area (Å²) in [6.07, 6.45) is 1.71. The maximum absolute atomic E-state index is 8.89. The predicted molar refractivity (Wildman–Crippen MR) is 57.1 cm³/mol. The summed E-state index contributed by atoms with van der Waals surface area (Å²) in [4.78, 5) is 4.21. The Kier molecular flexibility index (Phi) is 3.06. The molecule has 72 valence electrons. The highest BCUT2D eigenvalue weighted by Gasteiger charge is 2.21. The lowest BCUT2D eigenvalue weighted by Gasteiger charge is -2.24. The molecule has 0 N–H and O–H groups in total. The van der Waals surface area contributed by atoms with Gasteiger partial charge in [-0.2, -0.15) is 5.26 Å². The Balaban J connectivity index is 2.19. The van der Waals surface area contributed by atoms with E-state index in [-0.39, 0.29) is 0 Å². The van der Waals surface area contributed by atoms with Crippen molar-refractivity contribution in [3.63, 3.8) is 0 Å². The van der Waals surface area contributed by atoms with Crippen LogP contribution >= 0.6 is 27.7 Å². The van der Waals surface area contributed by atoms with Crippen molar-refractivity contribution in [1.82, 2.24) is 4.98 Å². The second kappa shape index (κ2) is 4.30. The Labute approximate surface area is 94.6 Å². The largest absolute Gasteiger partial charge is 0.379 e. The third kappa shape index (κ3) is 2.08. The van der Waals surface area contributed by atoms with Crippen molar-refractivity contribution >= 4 is 27.7 Å². The van der Waals surface area contributed by atoms with E-state index in [2.05, 4.69) is 27.0 Å². The van der Waals surface area contributed by atoms with Crippen molar-refractivity contribution in [2.75, 3.05) is 13.2 Å². The number of nitriles is 1. The summed E-state index contributed by atoms with van der Waals surface area (Å²) >= 11 is 4.90. The minimum Gasteiger partial charge on any atom is -0.379 e. The SMILES string of the molecule is N#Cc1cc(Br)cnc1SC1COC1. The van der Waals surface area contributed by atoms with Crippen LogP contribution in [0.4, 0.5) is 0 Å². The van der Waals surface area contributed by atoms with E-state index in [1.54, 1.807) is 24.0 Å². The average Bonchev–Trinajstić information content (AvgIpc) is 2.13. The Bertz CT molecular complexity index is 387. The van der Waals surface area contributed by atoms with Crippen LogP contribution in [-0.4, -0.2) is 23.4 Å². The fourth-order valence-electron chi connectivity index (χ4n) is 1.04. The highest BCUT2D eigenvalue weighted by atomic mass is 79.9. The number of ether oxygens (including phenoxy) is 1. The van der Waals surface area contributed by atoms with Gasteiger partial charge in [-0.05, 0) is 22.0 Å². The molecule has 0 unspecified atom stereocenters. The third-order valence-electron chi connectivity index (χ3n) is 1.82. The Morgan fingerprint density at radius 1 is 1.64 bits per heavy atom. The van der Waals surface area contributed by atoms with Gasteiger partial charge in [0.05, 0.1) is 24.0 Å². The van der Waals surface area contributed by atoms with Crippen LogP contribution < -0.4 is 0 Å². The van der Waals surface area contributed by atoms with Crippen LogP contribution in [0.2, 0.25) is 0 Å². The van der Waals surface area contributed by atoms with E-state index in [1.807, 2.05) is 0 Å². The predicted octanol–water partition coefficient (Wildman–Crippen LogP) is 2.21. The van der Waals surface area contributed by atoms with E-state index in [1.165, 1.54) is 0 Å². The summed E-state index contributed by atoms with van der Waals surface area (Å²) in [5.41, 5.74) is 0.622. The highest BCUT2D eigenvalue weighted by Crippen LogP contribution is 2.29. The Hall–Kier alpha value is -0.570. The van der Waals surface area contributed by atoms with Gasteiger partial charge < -0.3 is 4.74 Å². The number of halogens is 1. The fourth-order valence-corrected chi connectivity index (χ4v) is 2.36. The molecule has 1 aliphatic rings. The first kappa shape index (κ1) is 9.97. The summed E-state index contributed by atoms with van der Waals surface area (Å²) in [5.74, 6) is 0. The second-order valence-electron chi connectivity index (χ2n) is 2.90. The normalized spacial score (nSPS) is 16.0. The second-order valence-corrected chi connectivity index (χ2v) is 5.10. The molecule has 0 atom stereocenters. The van der Waals surface area contributed by atoms with E-state index in [0.717, 1.165) is 22.7 Å². The molecule has 1 saturated heterocycles. The molecule has 1 fully saturated rings. The zero-order valence-corrected chi connectivity index (χ0v) is 9.64. The number of hydrogen-bond donors (Lipinski definition) is 0. The molecule has 0 amide bonds. The quantitative estimate of drug-likeness (QED) is 0.827. The zero-order valence-electron chi connectivity index (χ0n) is 7.24. The molecule has 1 aliphatic heterocycles. The van der Waals surface area contributed by atoms with E-state index >= 15 is 0 Å². The fraction of sp³-hybridized carbons (Fsp3) is 0.333. The molecular formula is C9H7BrN2OS. The monoisotopic (exact) mass is 270 g/mol. The van der Waals surface area contributed by atoms with Crippen LogP contribution in [0.3, 0.4) is 0 Å². The lowest BCUT2D eigenvalue weighted by molar-refractivity contribution is 0.0454. The van der Waals surface area contributed by atoms with E-state index in [9.17, 15) is 0 Å². The molecule has 1 aromatic rings. The maximum atomic E-state index is 8.89. The smallest absolute Gasteiger partial charge is 0.114 e.